The summed E-state index contributed by atoms with van der Waals surface area (Å²) >= 11 is 17.7. The Hall–Kier alpha value is -1.87. The number of nitrogen functional groups attached to an aromatic ring is 1. The van der Waals surface area contributed by atoms with Gasteiger partial charge in [-0.15, -0.1) is 0 Å². The number of nitrogens with two attached hydrogens (primary N) is 1. The van der Waals surface area contributed by atoms with Crippen LogP contribution in [0.15, 0.2) is 18.3 Å². The Kier molecular flexibility index (Phi) is 4.63. The van der Waals surface area contributed by atoms with Crippen LogP contribution in [0, 0.1) is 10.1 Å². The van der Waals surface area contributed by atoms with E-state index in [9.17, 15) is 10.1 Å². The van der Waals surface area contributed by atoms with E-state index < -0.39 is 4.92 Å². The average Bonchev–Trinajstić information content (AvgIpc) is 2.44. The first kappa shape index (κ1) is 15.5. The van der Waals surface area contributed by atoms with Crippen LogP contribution in [-0.2, 0) is 0 Å². The maximum absolute atomic E-state index is 11.0. The molecule has 0 spiro atoms. The summed E-state index contributed by atoms with van der Waals surface area (Å²) in [6, 6.07) is 2.83. The summed E-state index contributed by atoms with van der Waals surface area (Å²) in [4.78, 5) is 17.9. The monoisotopic (exact) mass is 348 g/mol. The summed E-state index contributed by atoms with van der Waals surface area (Å²) in [5.41, 5.74) is 2.14. The van der Waals surface area contributed by atoms with Crippen LogP contribution in [0.1, 0.15) is 0 Å². The first-order valence-electron chi connectivity index (χ1n) is 5.32. The molecule has 11 heteroatoms. The van der Waals surface area contributed by atoms with Gasteiger partial charge in [0.25, 0.3) is 0 Å². The van der Waals surface area contributed by atoms with E-state index in [-0.39, 0.29) is 32.5 Å². The molecule has 2 rings (SSSR count). The highest BCUT2D eigenvalue weighted by atomic mass is 35.5. The summed E-state index contributed by atoms with van der Waals surface area (Å²) in [5.74, 6) is 5.08. The molecule has 0 bridgehead atoms. The SMILES string of the molecule is NNc1ncc([N+](=O)[O-])c(Nc2cc(Cl)c(Cl)cc2Cl)n1. The molecule has 0 radical (unpaired) electrons. The van der Waals surface area contributed by atoms with Crippen molar-refractivity contribution in [2.75, 3.05) is 10.7 Å². The topological polar surface area (TPSA) is 119 Å². The fourth-order valence-corrected chi connectivity index (χ4v) is 2.01. The summed E-state index contributed by atoms with van der Waals surface area (Å²) < 4.78 is 0. The molecule has 110 valence electrons. The second kappa shape index (κ2) is 6.27. The van der Waals surface area contributed by atoms with Crippen LogP contribution in [0.4, 0.5) is 23.1 Å². The van der Waals surface area contributed by atoms with Crippen LogP contribution >= 0.6 is 34.8 Å². The number of aromatic nitrogens is 2. The zero-order valence-corrected chi connectivity index (χ0v) is 12.4. The lowest BCUT2D eigenvalue weighted by Gasteiger charge is -2.10. The Morgan fingerprint density at radius 2 is 1.86 bits per heavy atom. The largest absolute Gasteiger partial charge is 0.333 e. The number of anilines is 3. The Balaban J connectivity index is 2.47. The number of hydrogen-bond donors (Lipinski definition) is 3. The number of rotatable bonds is 4. The molecule has 0 unspecified atom stereocenters. The Morgan fingerprint density at radius 3 is 2.48 bits per heavy atom. The van der Waals surface area contributed by atoms with Gasteiger partial charge in [-0.05, 0) is 12.1 Å². The molecule has 21 heavy (non-hydrogen) atoms. The molecule has 1 heterocycles. The zero-order chi connectivity index (χ0) is 15.6. The van der Waals surface area contributed by atoms with Crippen molar-refractivity contribution in [3.8, 4) is 0 Å². The number of hydrogen-bond acceptors (Lipinski definition) is 7. The third-order valence-corrected chi connectivity index (χ3v) is 3.39. The van der Waals surface area contributed by atoms with E-state index in [1.807, 2.05) is 0 Å². The minimum Gasteiger partial charge on any atom is -0.333 e. The highest BCUT2D eigenvalue weighted by Gasteiger charge is 2.18. The standard InChI is InChI=1S/C10H7Cl3N6O2/c11-4-1-6(13)7(2-5(4)12)16-9-8(19(20)21)3-15-10(17-9)18-14/h1-3H,14H2,(H2,15,16,17,18). The van der Waals surface area contributed by atoms with E-state index in [4.69, 9.17) is 40.6 Å². The van der Waals surface area contributed by atoms with Crippen LogP contribution in [0.5, 0.6) is 0 Å². The van der Waals surface area contributed by atoms with Gasteiger partial charge in [0.05, 0.1) is 25.7 Å². The van der Waals surface area contributed by atoms with Crippen LogP contribution in [-0.4, -0.2) is 14.9 Å². The van der Waals surface area contributed by atoms with E-state index in [0.29, 0.717) is 5.69 Å². The predicted molar refractivity (Wildman–Crippen MR) is 81.3 cm³/mol. The van der Waals surface area contributed by atoms with Crippen molar-refractivity contribution in [1.29, 1.82) is 0 Å². The molecule has 1 aromatic heterocycles. The number of hydrazine groups is 1. The quantitative estimate of drug-likeness (QED) is 0.335. The summed E-state index contributed by atoms with van der Waals surface area (Å²) in [6.07, 6.45) is 1.01. The van der Waals surface area contributed by atoms with Gasteiger partial charge in [0, 0.05) is 0 Å². The first-order valence-corrected chi connectivity index (χ1v) is 6.45. The minimum atomic E-state index is -0.645. The van der Waals surface area contributed by atoms with Gasteiger partial charge in [0.1, 0.15) is 6.20 Å². The third-order valence-electron chi connectivity index (χ3n) is 2.36. The molecule has 0 aliphatic rings. The molecular weight excluding hydrogens is 343 g/mol. The lowest BCUT2D eigenvalue weighted by atomic mass is 10.3. The Morgan fingerprint density at radius 1 is 1.19 bits per heavy atom. The van der Waals surface area contributed by atoms with Gasteiger partial charge in [0.15, 0.2) is 0 Å². The molecule has 0 amide bonds. The normalized spacial score (nSPS) is 10.3. The molecule has 0 saturated carbocycles. The average molecular weight is 350 g/mol. The van der Waals surface area contributed by atoms with Crippen molar-refractivity contribution in [2.24, 2.45) is 5.84 Å². The van der Waals surface area contributed by atoms with E-state index in [1.54, 1.807) is 0 Å². The smallest absolute Gasteiger partial charge is 0.329 e. The maximum atomic E-state index is 11.0. The van der Waals surface area contributed by atoms with Gasteiger partial charge in [-0.3, -0.25) is 15.5 Å². The van der Waals surface area contributed by atoms with Gasteiger partial charge in [-0.1, -0.05) is 34.8 Å². The predicted octanol–water partition coefficient (Wildman–Crippen LogP) is 3.37. The van der Waals surface area contributed by atoms with Gasteiger partial charge in [-0.25, -0.2) is 10.8 Å². The number of benzene rings is 1. The fraction of sp³-hybridized carbons (Fsp3) is 0. The lowest BCUT2D eigenvalue weighted by Crippen LogP contribution is -2.12. The van der Waals surface area contributed by atoms with Gasteiger partial charge in [0.2, 0.25) is 11.8 Å². The summed E-state index contributed by atoms with van der Waals surface area (Å²) in [6.45, 7) is 0. The molecule has 4 N–H and O–H groups in total. The second-order valence-corrected chi connectivity index (χ2v) is 4.92. The number of nitrogens with one attached hydrogen (secondary N) is 2. The molecule has 0 aliphatic carbocycles. The fourth-order valence-electron chi connectivity index (χ4n) is 1.42. The summed E-state index contributed by atoms with van der Waals surface area (Å²) in [7, 11) is 0. The molecular formula is C10H7Cl3N6O2. The van der Waals surface area contributed by atoms with E-state index in [2.05, 4.69) is 20.7 Å². The van der Waals surface area contributed by atoms with Gasteiger partial charge >= 0.3 is 5.69 Å². The van der Waals surface area contributed by atoms with Crippen molar-refractivity contribution >= 4 is 57.9 Å². The zero-order valence-electron chi connectivity index (χ0n) is 10.1. The van der Waals surface area contributed by atoms with Crippen LogP contribution in [0.3, 0.4) is 0 Å². The second-order valence-electron chi connectivity index (χ2n) is 3.70. The highest BCUT2D eigenvalue weighted by molar-refractivity contribution is 6.44. The van der Waals surface area contributed by atoms with Crippen LogP contribution in [0.25, 0.3) is 0 Å². The molecule has 8 nitrogen and oxygen atoms in total. The number of nitrogens with zero attached hydrogens (tertiary/aromatic N) is 3. The van der Waals surface area contributed by atoms with Crippen LogP contribution < -0.4 is 16.6 Å². The van der Waals surface area contributed by atoms with Gasteiger partial charge < -0.3 is 5.32 Å². The first-order chi connectivity index (χ1) is 9.92. The third kappa shape index (κ3) is 3.42. The number of nitro groups is 1. The van der Waals surface area contributed by atoms with Crippen LogP contribution in [0.2, 0.25) is 15.1 Å². The molecule has 2 aromatic rings. The Labute approximate surface area is 133 Å². The highest BCUT2D eigenvalue weighted by Crippen LogP contribution is 2.35. The minimum absolute atomic E-state index is 0.000664. The molecule has 0 saturated heterocycles. The van der Waals surface area contributed by atoms with Crippen molar-refractivity contribution in [1.82, 2.24) is 9.97 Å². The van der Waals surface area contributed by atoms with Crippen molar-refractivity contribution in [2.45, 2.75) is 0 Å². The maximum Gasteiger partial charge on any atom is 0.329 e. The van der Waals surface area contributed by atoms with Crippen molar-refractivity contribution < 1.29 is 4.92 Å². The lowest BCUT2D eigenvalue weighted by molar-refractivity contribution is -0.384. The molecule has 0 atom stereocenters. The molecule has 1 aromatic carbocycles. The van der Waals surface area contributed by atoms with Gasteiger partial charge in [-0.2, -0.15) is 4.98 Å². The number of halogens is 3. The van der Waals surface area contributed by atoms with Crippen molar-refractivity contribution in [3.63, 3.8) is 0 Å². The molecule has 0 fully saturated rings. The van der Waals surface area contributed by atoms with Crippen molar-refractivity contribution in [3.05, 3.63) is 43.5 Å². The summed E-state index contributed by atoms with van der Waals surface area (Å²) in [5, 5.41) is 14.4. The van der Waals surface area contributed by atoms with E-state index in [0.717, 1.165) is 6.20 Å². The Bertz CT molecular complexity index is 711. The van der Waals surface area contributed by atoms with E-state index >= 15 is 0 Å². The molecule has 0 aliphatic heterocycles. The van der Waals surface area contributed by atoms with E-state index in [1.165, 1.54) is 12.1 Å².